The molecule has 1 aromatic heterocycles. The van der Waals surface area contributed by atoms with E-state index in [0.717, 1.165) is 35.8 Å². The lowest BCUT2D eigenvalue weighted by Crippen LogP contribution is -2.24. The van der Waals surface area contributed by atoms with Gasteiger partial charge >= 0.3 is 0 Å². The monoisotopic (exact) mass is 292 g/mol. The van der Waals surface area contributed by atoms with Gasteiger partial charge in [0.25, 0.3) is 0 Å². The van der Waals surface area contributed by atoms with E-state index >= 15 is 0 Å². The van der Waals surface area contributed by atoms with E-state index in [-0.39, 0.29) is 0 Å². The van der Waals surface area contributed by atoms with Gasteiger partial charge in [-0.25, -0.2) is 9.97 Å². The standard InChI is InChI=1S/C16H28N4O/c1-4-21-11-16-19-14(17-3)9-15(20-16)18-10-13-8-6-5-7-12(13)2/h9,12-13H,4-8,10-11H2,1-3H3,(H2,17,18,19,20). The van der Waals surface area contributed by atoms with Gasteiger partial charge in [0.15, 0.2) is 5.82 Å². The van der Waals surface area contributed by atoms with Crippen LogP contribution < -0.4 is 10.6 Å². The molecule has 0 aliphatic heterocycles. The van der Waals surface area contributed by atoms with Crippen LogP contribution in [-0.4, -0.2) is 30.2 Å². The molecule has 118 valence electrons. The normalized spacial score (nSPS) is 22.0. The average Bonchev–Trinajstić information content (AvgIpc) is 2.52. The SMILES string of the molecule is CCOCc1nc(NC)cc(NCC2CCCCC2C)n1. The molecule has 2 unspecified atom stereocenters. The molecule has 5 nitrogen and oxygen atoms in total. The highest BCUT2D eigenvalue weighted by Crippen LogP contribution is 2.29. The lowest BCUT2D eigenvalue weighted by Gasteiger charge is -2.29. The summed E-state index contributed by atoms with van der Waals surface area (Å²) in [6.07, 6.45) is 5.42. The highest BCUT2D eigenvalue weighted by atomic mass is 16.5. The summed E-state index contributed by atoms with van der Waals surface area (Å²) in [6, 6.07) is 1.96. The number of hydrogen-bond acceptors (Lipinski definition) is 5. The summed E-state index contributed by atoms with van der Waals surface area (Å²) >= 11 is 0. The van der Waals surface area contributed by atoms with Gasteiger partial charge in [-0.15, -0.1) is 0 Å². The predicted octanol–water partition coefficient (Wildman–Crippen LogP) is 3.29. The zero-order valence-electron chi connectivity index (χ0n) is 13.5. The lowest BCUT2D eigenvalue weighted by molar-refractivity contribution is 0.128. The molecule has 21 heavy (non-hydrogen) atoms. The van der Waals surface area contributed by atoms with E-state index < -0.39 is 0 Å². The van der Waals surface area contributed by atoms with Crippen LogP contribution in [0, 0.1) is 11.8 Å². The number of nitrogens with zero attached hydrogens (tertiary/aromatic N) is 2. The molecule has 0 aromatic carbocycles. The van der Waals surface area contributed by atoms with Crippen molar-refractivity contribution in [1.82, 2.24) is 9.97 Å². The Balaban J connectivity index is 1.97. The van der Waals surface area contributed by atoms with Gasteiger partial charge in [-0.3, -0.25) is 0 Å². The van der Waals surface area contributed by atoms with E-state index in [4.69, 9.17) is 4.74 Å². The van der Waals surface area contributed by atoms with Crippen LogP contribution in [0.4, 0.5) is 11.6 Å². The minimum Gasteiger partial charge on any atom is -0.374 e. The second-order valence-electron chi connectivity index (χ2n) is 5.84. The molecule has 0 radical (unpaired) electrons. The van der Waals surface area contributed by atoms with E-state index in [0.29, 0.717) is 13.2 Å². The van der Waals surface area contributed by atoms with E-state index in [1.54, 1.807) is 0 Å². The maximum absolute atomic E-state index is 5.41. The van der Waals surface area contributed by atoms with Crippen LogP contribution in [0.15, 0.2) is 6.07 Å². The van der Waals surface area contributed by atoms with Crippen molar-refractivity contribution in [2.75, 3.05) is 30.8 Å². The molecule has 1 aliphatic carbocycles. The highest BCUT2D eigenvalue weighted by molar-refractivity contribution is 5.47. The van der Waals surface area contributed by atoms with Gasteiger partial charge < -0.3 is 15.4 Å². The Morgan fingerprint density at radius 2 is 2.00 bits per heavy atom. The third-order valence-corrected chi connectivity index (χ3v) is 4.30. The molecule has 1 fully saturated rings. The Kier molecular flexibility index (Phi) is 6.23. The van der Waals surface area contributed by atoms with Gasteiger partial charge in [-0.1, -0.05) is 26.2 Å². The van der Waals surface area contributed by atoms with Crippen molar-refractivity contribution in [1.29, 1.82) is 0 Å². The zero-order valence-corrected chi connectivity index (χ0v) is 13.5. The van der Waals surface area contributed by atoms with Crippen LogP contribution in [0.3, 0.4) is 0 Å². The first-order valence-electron chi connectivity index (χ1n) is 8.10. The number of rotatable bonds is 7. The first kappa shape index (κ1) is 16.0. The van der Waals surface area contributed by atoms with Crippen LogP contribution >= 0.6 is 0 Å². The number of ether oxygens (including phenoxy) is 1. The fourth-order valence-electron chi connectivity index (χ4n) is 2.91. The first-order valence-corrected chi connectivity index (χ1v) is 8.10. The van der Waals surface area contributed by atoms with Crippen molar-refractivity contribution in [2.24, 2.45) is 11.8 Å². The van der Waals surface area contributed by atoms with Crippen molar-refractivity contribution >= 4 is 11.6 Å². The van der Waals surface area contributed by atoms with E-state index in [1.165, 1.54) is 25.7 Å². The van der Waals surface area contributed by atoms with Crippen LogP contribution in [0.1, 0.15) is 45.4 Å². The van der Waals surface area contributed by atoms with Crippen LogP contribution in [0.2, 0.25) is 0 Å². The van der Waals surface area contributed by atoms with Gasteiger partial charge in [0, 0.05) is 26.3 Å². The molecular formula is C16H28N4O. The molecule has 1 heterocycles. The minimum absolute atomic E-state index is 0.459. The molecule has 5 heteroatoms. The summed E-state index contributed by atoms with van der Waals surface area (Å²) < 4.78 is 5.41. The van der Waals surface area contributed by atoms with Crippen molar-refractivity contribution in [3.8, 4) is 0 Å². The fourth-order valence-corrected chi connectivity index (χ4v) is 2.91. The molecule has 1 saturated carbocycles. The lowest BCUT2D eigenvalue weighted by atomic mass is 9.80. The highest BCUT2D eigenvalue weighted by Gasteiger charge is 2.21. The second-order valence-corrected chi connectivity index (χ2v) is 5.84. The van der Waals surface area contributed by atoms with Crippen LogP contribution in [0.5, 0.6) is 0 Å². The summed E-state index contributed by atoms with van der Waals surface area (Å²) in [4.78, 5) is 8.95. The van der Waals surface area contributed by atoms with Crippen molar-refractivity contribution < 1.29 is 4.74 Å². The third-order valence-electron chi connectivity index (χ3n) is 4.30. The van der Waals surface area contributed by atoms with Gasteiger partial charge in [0.1, 0.15) is 18.2 Å². The van der Waals surface area contributed by atoms with E-state index in [2.05, 4.69) is 27.5 Å². The molecular weight excluding hydrogens is 264 g/mol. The Morgan fingerprint density at radius 1 is 1.24 bits per heavy atom. The molecule has 0 bridgehead atoms. The topological polar surface area (TPSA) is 59.1 Å². The Labute approximate surface area is 127 Å². The molecule has 0 amide bonds. The summed E-state index contributed by atoms with van der Waals surface area (Å²) in [5.41, 5.74) is 0. The van der Waals surface area contributed by atoms with Gasteiger partial charge in [-0.05, 0) is 25.2 Å². The molecule has 2 rings (SSSR count). The molecule has 1 aliphatic rings. The summed E-state index contributed by atoms with van der Waals surface area (Å²) in [7, 11) is 1.87. The molecule has 0 spiro atoms. The predicted molar refractivity (Wildman–Crippen MR) is 86.5 cm³/mol. The minimum atomic E-state index is 0.459. The summed E-state index contributed by atoms with van der Waals surface area (Å²) in [6.45, 7) is 6.47. The maximum atomic E-state index is 5.41. The second kappa shape index (κ2) is 8.17. The number of anilines is 2. The van der Waals surface area contributed by atoms with Crippen molar-refractivity contribution in [2.45, 2.75) is 46.1 Å². The molecule has 1 aromatic rings. The quantitative estimate of drug-likeness (QED) is 0.807. The Bertz CT molecular complexity index is 438. The Morgan fingerprint density at radius 3 is 2.71 bits per heavy atom. The van der Waals surface area contributed by atoms with Crippen LogP contribution in [0.25, 0.3) is 0 Å². The fraction of sp³-hybridized carbons (Fsp3) is 0.750. The molecule has 0 saturated heterocycles. The maximum Gasteiger partial charge on any atom is 0.158 e. The molecule has 2 atom stereocenters. The van der Waals surface area contributed by atoms with Gasteiger partial charge in [0.05, 0.1) is 0 Å². The number of aromatic nitrogens is 2. The summed E-state index contributed by atoms with van der Waals surface area (Å²) in [5.74, 6) is 4.01. The first-order chi connectivity index (χ1) is 10.2. The van der Waals surface area contributed by atoms with Crippen molar-refractivity contribution in [3.63, 3.8) is 0 Å². The van der Waals surface area contributed by atoms with Gasteiger partial charge in [-0.2, -0.15) is 0 Å². The zero-order chi connectivity index (χ0) is 15.1. The number of hydrogen-bond donors (Lipinski definition) is 2. The van der Waals surface area contributed by atoms with E-state index in [9.17, 15) is 0 Å². The number of nitrogens with one attached hydrogen (secondary N) is 2. The smallest absolute Gasteiger partial charge is 0.158 e. The van der Waals surface area contributed by atoms with E-state index in [1.807, 2.05) is 20.0 Å². The van der Waals surface area contributed by atoms with Gasteiger partial charge in [0.2, 0.25) is 0 Å². The largest absolute Gasteiger partial charge is 0.374 e. The average molecular weight is 292 g/mol. The van der Waals surface area contributed by atoms with Crippen LogP contribution in [-0.2, 0) is 11.3 Å². The third kappa shape index (κ3) is 4.84. The Hall–Kier alpha value is -1.36. The van der Waals surface area contributed by atoms with Crippen molar-refractivity contribution in [3.05, 3.63) is 11.9 Å². The summed E-state index contributed by atoms with van der Waals surface area (Å²) in [5, 5.41) is 6.57. The molecule has 2 N–H and O–H groups in total.